The average molecular weight is 380 g/mol. The van der Waals surface area contributed by atoms with E-state index in [1.165, 1.54) is 6.42 Å². The van der Waals surface area contributed by atoms with Gasteiger partial charge in [0.25, 0.3) is 0 Å². The van der Waals surface area contributed by atoms with Gasteiger partial charge in [-0.3, -0.25) is 9.59 Å². The molecule has 3 rings (SSSR count). The van der Waals surface area contributed by atoms with Crippen LogP contribution in [0.5, 0.6) is 0 Å². The number of rotatable bonds is 5. The number of hydrogen-bond acceptors (Lipinski definition) is 3. The second-order valence-corrected chi connectivity index (χ2v) is 7.28. The monoisotopic (exact) mass is 379 g/mol. The van der Waals surface area contributed by atoms with Crippen molar-refractivity contribution in [2.75, 3.05) is 18.0 Å². The molecule has 3 atom stereocenters. The molecular formula is C20H30ClN3O2. The molecule has 26 heavy (non-hydrogen) atoms. The molecule has 2 amide bonds. The molecule has 1 aliphatic carbocycles. The number of benzene rings is 1. The highest BCUT2D eigenvalue weighted by atomic mass is 35.5. The summed E-state index contributed by atoms with van der Waals surface area (Å²) in [4.78, 5) is 27.0. The molecule has 2 fully saturated rings. The molecule has 3 unspecified atom stereocenters. The summed E-state index contributed by atoms with van der Waals surface area (Å²) in [5, 5.41) is 3.19. The van der Waals surface area contributed by atoms with E-state index < -0.39 is 0 Å². The average Bonchev–Trinajstić information content (AvgIpc) is 3.03. The van der Waals surface area contributed by atoms with Crippen LogP contribution in [0.4, 0.5) is 5.69 Å². The van der Waals surface area contributed by atoms with E-state index in [4.69, 9.17) is 5.73 Å². The number of carbonyl (C=O) groups excluding carboxylic acids is 2. The molecule has 3 N–H and O–H groups in total. The molecule has 0 spiro atoms. The molecular weight excluding hydrogens is 350 g/mol. The lowest BCUT2D eigenvalue weighted by atomic mass is 9.84. The predicted molar refractivity (Wildman–Crippen MR) is 106 cm³/mol. The van der Waals surface area contributed by atoms with E-state index in [2.05, 4.69) is 12.2 Å². The molecule has 0 aromatic heterocycles. The van der Waals surface area contributed by atoms with Crippen LogP contribution in [0, 0.1) is 11.8 Å². The number of nitrogens with one attached hydrogen (secondary N) is 1. The van der Waals surface area contributed by atoms with Crippen molar-refractivity contribution in [1.29, 1.82) is 0 Å². The lowest BCUT2D eigenvalue weighted by molar-refractivity contribution is -0.127. The van der Waals surface area contributed by atoms with E-state index in [1.807, 2.05) is 24.3 Å². The fraction of sp³-hybridized carbons (Fsp3) is 0.600. The van der Waals surface area contributed by atoms with Crippen molar-refractivity contribution in [3.63, 3.8) is 0 Å². The minimum absolute atomic E-state index is 0. The Bertz CT molecular complexity index is 637. The number of aryl methyl sites for hydroxylation is 1. The first-order valence-electron chi connectivity index (χ1n) is 9.52. The molecule has 0 bridgehead atoms. The summed E-state index contributed by atoms with van der Waals surface area (Å²) in [5.74, 6) is 0.153. The van der Waals surface area contributed by atoms with Crippen molar-refractivity contribution in [3.05, 3.63) is 29.8 Å². The number of hydrogen-bond donors (Lipinski definition) is 2. The number of nitrogens with two attached hydrogens (primary N) is 1. The molecule has 144 valence electrons. The summed E-state index contributed by atoms with van der Waals surface area (Å²) in [7, 11) is 0. The number of para-hydroxylation sites is 1. The molecule has 1 aromatic rings. The molecule has 2 aliphatic rings. The highest BCUT2D eigenvalue weighted by Gasteiger charge is 2.37. The Morgan fingerprint density at radius 1 is 1.27 bits per heavy atom. The van der Waals surface area contributed by atoms with Gasteiger partial charge in [0.1, 0.15) is 0 Å². The summed E-state index contributed by atoms with van der Waals surface area (Å²) in [6, 6.07) is 8.12. The molecule has 6 heteroatoms. The number of amides is 2. The molecule has 1 heterocycles. The van der Waals surface area contributed by atoms with Crippen molar-refractivity contribution >= 4 is 29.9 Å². The standard InChI is InChI=1S/C20H29N3O2.ClH/c1-2-14-7-4-6-10-18(14)23-13-16(11-19(23)24)20(25)22-17-9-5-3-8-15(17)12-21;/h4,6-7,10,15-17H,2-3,5,8-9,11-13,21H2,1H3,(H,22,25);1H. The Morgan fingerprint density at radius 2 is 2.00 bits per heavy atom. The fourth-order valence-corrected chi connectivity index (χ4v) is 4.17. The Hall–Kier alpha value is -1.59. The van der Waals surface area contributed by atoms with Crippen molar-refractivity contribution in [2.24, 2.45) is 17.6 Å². The quantitative estimate of drug-likeness (QED) is 0.825. The van der Waals surface area contributed by atoms with Gasteiger partial charge in [0.15, 0.2) is 0 Å². The van der Waals surface area contributed by atoms with Crippen LogP contribution in [-0.4, -0.2) is 30.9 Å². The Morgan fingerprint density at radius 3 is 2.73 bits per heavy atom. The number of nitrogens with zero attached hydrogens (tertiary/aromatic N) is 1. The predicted octanol–water partition coefficient (Wildman–Crippen LogP) is 2.66. The third kappa shape index (κ3) is 4.38. The fourth-order valence-electron chi connectivity index (χ4n) is 4.17. The maximum absolute atomic E-state index is 12.7. The van der Waals surface area contributed by atoms with E-state index in [0.717, 1.165) is 36.9 Å². The van der Waals surface area contributed by atoms with Crippen molar-refractivity contribution in [2.45, 2.75) is 51.5 Å². The van der Waals surface area contributed by atoms with Crippen LogP contribution in [0.15, 0.2) is 24.3 Å². The van der Waals surface area contributed by atoms with Crippen LogP contribution < -0.4 is 16.0 Å². The summed E-state index contributed by atoms with van der Waals surface area (Å²) in [6.07, 6.45) is 5.58. The third-order valence-corrected chi connectivity index (χ3v) is 5.70. The van der Waals surface area contributed by atoms with E-state index in [9.17, 15) is 9.59 Å². The second kappa shape index (κ2) is 9.38. The molecule has 1 saturated heterocycles. The van der Waals surface area contributed by atoms with Gasteiger partial charge < -0.3 is 16.0 Å². The van der Waals surface area contributed by atoms with Crippen LogP contribution in [0.25, 0.3) is 0 Å². The van der Waals surface area contributed by atoms with Gasteiger partial charge in [-0.1, -0.05) is 38.0 Å². The number of carbonyl (C=O) groups is 2. The zero-order chi connectivity index (χ0) is 17.8. The lowest BCUT2D eigenvalue weighted by Gasteiger charge is -2.32. The normalized spacial score (nSPS) is 25.7. The first-order valence-corrected chi connectivity index (χ1v) is 9.52. The van der Waals surface area contributed by atoms with Crippen LogP contribution >= 0.6 is 12.4 Å². The summed E-state index contributed by atoms with van der Waals surface area (Å²) in [6.45, 7) is 3.17. The first kappa shape index (κ1) is 20.7. The second-order valence-electron chi connectivity index (χ2n) is 7.28. The van der Waals surface area contributed by atoms with Gasteiger partial charge in [-0.25, -0.2) is 0 Å². The largest absolute Gasteiger partial charge is 0.353 e. The van der Waals surface area contributed by atoms with Gasteiger partial charge in [-0.05, 0) is 43.4 Å². The van der Waals surface area contributed by atoms with Gasteiger partial charge in [0, 0.05) is 24.7 Å². The lowest BCUT2D eigenvalue weighted by Crippen LogP contribution is -2.47. The van der Waals surface area contributed by atoms with Crippen LogP contribution in [0.2, 0.25) is 0 Å². The van der Waals surface area contributed by atoms with Gasteiger partial charge in [-0.2, -0.15) is 0 Å². The van der Waals surface area contributed by atoms with Crippen LogP contribution in [0.3, 0.4) is 0 Å². The van der Waals surface area contributed by atoms with Crippen molar-refractivity contribution in [1.82, 2.24) is 5.32 Å². The number of halogens is 1. The van der Waals surface area contributed by atoms with Gasteiger partial charge in [-0.15, -0.1) is 12.4 Å². The first-order chi connectivity index (χ1) is 12.1. The maximum Gasteiger partial charge on any atom is 0.227 e. The van der Waals surface area contributed by atoms with E-state index in [-0.39, 0.29) is 36.2 Å². The molecule has 5 nitrogen and oxygen atoms in total. The SMILES string of the molecule is CCc1ccccc1N1CC(C(=O)NC2CCCCC2CN)CC1=O.Cl. The van der Waals surface area contributed by atoms with Crippen molar-refractivity contribution in [3.8, 4) is 0 Å². The molecule has 0 radical (unpaired) electrons. The molecule has 1 saturated carbocycles. The van der Waals surface area contributed by atoms with Crippen LogP contribution in [-0.2, 0) is 16.0 Å². The van der Waals surface area contributed by atoms with Gasteiger partial charge in [0.05, 0.1) is 5.92 Å². The van der Waals surface area contributed by atoms with Gasteiger partial charge >= 0.3 is 0 Å². The van der Waals surface area contributed by atoms with E-state index >= 15 is 0 Å². The Balaban J connectivity index is 0.00000243. The molecule has 1 aromatic carbocycles. The van der Waals surface area contributed by atoms with Crippen molar-refractivity contribution < 1.29 is 9.59 Å². The Kier molecular flexibility index (Phi) is 7.47. The summed E-state index contributed by atoms with van der Waals surface area (Å²) in [5.41, 5.74) is 7.95. The zero-order valence-corrected chi connectivity index (χ0v) is 16.3. The highest BCUT2D eigenvalue weighted by molar-refractivity contribution is 6.00. The summed E-state index contributed by atoms with van der Waals surface area (Å²) >= 11 is 0. The van der Waals surface area contributed by atoms with Crippen LogP contribution in [0.1, 0.15) is 44.6 Å². The minimum atomic E-state index is -0.266. The maximum atomic E-state index is 12.7. The summed E-state index contributed by atoms with van der Waals surface area (Å²) < 4.78 is 0. The zero-order valence-electron chi connectivity index (χ0n) is 15.4. The highest BCUT2D eigenvalue weighted by Crippen LogP contribution is 2.29. The third-order valence-electron chi connectivity index (χ3n) is 5.70. The van der Waals surface area contributed by atoms with Gasteiger partial charge in [0.2, 0.25) is 11.8 Å². The number of anilines is 1. The topological polar surface area (TPSA) is 75.4 Å². The van der Waals surface area contributed by atoms with E-state index in [1.54, 1.807) is 4.90 Å². The van der Waals surface area contributed by atoms with E-state index in [0.29, 0.717) is 25.4 Å². The molecule has 1 aliphatic heterocycles. The smallest absolute Gasteiger partial charge is 0.227 e. The Labute approximate surface area is 162 Å². The minimum Gasteiger partial charge on any atom is -0.353 e.